The Kier molecular flexibility index (Phi) is 5.27. The Hall–Kier alpha value is -0.120. The van der Waals surface area contributed by atoms with E-state index >= 15 is 0 Å². The van der Waals surface area contributed by atoms with Crippen molar-refractivity contribution >= 4 is 0 Å². The normalized spacial score (nSPS) is 31.9. The Bertz CT molecular complexity index is 269. The first kappa shape index (κ1) is 15.3. The molecule has 0 aromatic rings. The summed E-state index contributed by atoms with van der Waals surface area (Å²) in [5.74, 6) is 0. The van der Waals surface area contributed by atoms with E-state index in [0.29, 0.717) is 11.6 Å². The van der Waals surface area contributed by atoms with Gasteiger partial charge in [0.05, 0.1) is 0 Å². The van der Waals surface area contributed by atoms with Crippen molar-refractivity contribution in [2.75, 3.05) is 26.7 Å². The zero-order valence-electron chi connectivity index (χ0n) is 13.2. The van der Waals surface area contributed by atoms with Gasteiger partial charge in [-0.25, -0.2) is 0 Å². The molecular formula is C16H33N3. The second-order valence-corrected chi connectivity index (χ2v) is 7.23. The van der Waals surface area contributed by atoms with E-state index in [2.05, 4.69) is 30.7 Å². The highest BCUT2D eigenvalue weighted by molar-refractivity contribution is 4.94. The van der Waals surface area contributed by atoms with Crippen molar-refractivity contribution in [2.24, 2.45) is 5.73 Å². The van der Waals surface area contributed by atoms with Crippen LogP contribution >= 0.6 is 0 Å². The van der Waals surface area contributed by atoms with Crippen molar-refractivity contribution < 1.29 is 0 Å². The second-order valence-electron chi connectivity index (χ2n) is 7.23. The van der Waals surface area contributed by atoms with Gasteiger partial charge in [-0.3, -0.25) is 4.90 Å². The van der Waals surface area contributed by atoms with Gasteiger partial charge in [0.25, 0.3) is 0 Å². The molecule has 1 atom stereocenters. The van der Waals surface area contributed by atoms with Gasteiger partial charge in [0, 0.05) is 30.7 Å². The molecule has 3 nitrogen and oxygen atoms in total. The van der Waals surface area contributed by atoms with E-state index in [0.717, 1.165) is 19.1 Å². The molecule has 0 aromatic carbocycles. The van der Waals surface area contributed by atoms with Crippen LogP contribution in [0.4, 0.5) is 0 Å². The van der Waals surface area contributed by atoms with Gasteiger partial charge in [-0.1, -0.05) is 25.7 Å². The topological polar surface area (TPSA) is 32.5 Å². The lowest BCUT2D eigenvalue weighted by atomic mass is 9.93. The van der Waals surface area contributed by atoms with Crippen molar-refractivity contribution in [3.63, 3.8) is 0 Å². The first-order valence-corrected chi connectivity index (χ1v) is 8.21. The standard InChI is InChI=1S/C16H33N3/c1-16(2)10-11-18(3)15(12-17)13-19(16)14-8-6-4-5-7-9-14/h14-15H,4-13,17H2,1-3H3. The van der Waals surface area contributed by atoms with Gasteiger partial charge in [0.15, 0.2) is 0 Å². The molecule has 112 valence electrons. The number of nitrogens with zero attached hydrogens (tertiary/aromatic N) is 2. The van der Waals surface area contributed by atoms with Crippen molar-refractivity contribution in [1.82, 2.24) is 9.80 Å². The van der Waals surface area contributed by atoms with Crippen molar-refractivity contribution in [2.45, 2.75) is 76.4 Å². The molecule has 19 heavy (non-hydrogen) atoms. The third-order valence-electron chi connectivity index (χ3n) is 5.42. The predicted molar refractivity (Wildman–Crippen MR) is 82.4 cm³/mol. The molecular weight excluding hydrogens is 234 g/mol. The SMILES string of the molecule is CN1CCC(C)(C)N(C2CCCCCC2)CC1CN. The molecule has 1 heterocycles. The molecule has 1 saturated heterocycles. The maximum atomic E-state index is 6.01. The van der Waals surface area contributed by atoms with Crippen LogP contribution in [-0.2, 0) is 0 Å². The molecule has 1 saturated carbocycles. The zero-order valence-corrected chi connectivity index (χ0v) is 13.2. The number of likely N-dealkylation sites (N-methyl/N-ethyl adjacent to an activating group) is 1. The van der Waals surface area contributed by atoms with Crippen LogP contribution in [0, 0.1) is 0 Å². The zero-order chi connectivity index (χ0) is 13.9. The minimum atomic E-state index is 0.327. The summed E-state index contributed by atoms with van der Waals surface area (Å²) >= 11 is 0. The summed E-state index contributed by atoms with van der Waals surface area (Å²) in [4.78, 5) is 5.28. The molecule has 2 fully saturated rings. The molecule has 1 unspecified atom stereocenters. The fourth-order valence-corrected chi connectivity index (χ4v) is 3.86. The molecule has 0 spiro atoms. The smallest absolute Gasteiger partial charge is 0.0342 e. The molecule has 0 amide bonds. The number of hydrogen-bond acceptors (Lipinski definition) is 3. The lowest BCUT2D eigenvalue weighted by Crippen LogP contribution is -2.53. The summed E-state index contributed by atoms with van der Waals surface area (Å²) in [5.41, 5.74) is 6.33. The van der Waals surface area contributed by atoms with Crippen molar-refractivity contribution in [3.8, 4) is 0 Å². The quantitative estimate of drug-likeness (QED) is 0.780. The van der Waals surface area contributed by atoms with E-state index in [-0.39, 0.29) is 0 Å². The summed E-state index contributed by atoms with van der Waals surface area (Å²) < 4.78 is 0. The summed E-state index contributed by atoms with van der Waals surface area (Å²) in [6.45, 7) is 7.99. The lowest BCUT2D eigenvalue weighted by molar-refractivity contribution is 0.0573. The average molecular weight is 267 g/mol. The van der Waals surface area contributed by atoms with Crippen LogP contribution in [0.5, 0.6) is 0 Å². The van der Waals surface area contributed by atoms with Gasteiger partial charge in [-0.15, -0.1) is 0 Å². The van der Waals surface area contributed by atoms with Crippen LogP contribution in [0.25, 0.3) is 0 Å². The fraction of sp³-hybridized carbons (Fsp3) is 1.00. The molecule has 1 aliphatic carbocycles. The Morgan fingerprint density at radius 3 is 2.32 bits per heavy atom. The molecule has 2 aliphatic rings. The maximum Gasteiger partial charge on any atom is 0.0342 e. The highest BCUT2D eigenvalue weighted by Gasteiger charge is 2.37. The third kappa shape index (κ3) is 3.71. The first-order valence-electron chi connectivity index (χ1n) is 8.21. The maximum absolute atomic E-state index is 6.01. The summed E-state index contributed by atoms with van der Waals surface area (Å²) in [7, 11) is 2.24. The van der Waals surface area contributed by atoms with Gasteiger partial charge in [0.1, 0.15) is 0 Å². The Balaban J connectivity index is 2.12. The van der Waals surface area contributed by atoms with Crippen molar-refractivity contribution in [1.29, 1.82) is 0 Å². The first-order chi connectivity index (χ1) is 9.04. The van der Waals surface area contributed by atoms with Gasteiger partial charge >= 0.3 is 0 Å². The largest absolute Gasteiger partial charge is 0.329 e. The van der Waals surface area contributed by atoms with E-state index < -0.39 is 0 Å². The van der Waals surface area contributed by atoms with Crippen LogP contribution in [0.1, 0.15) is 58.8 Å². The Morgan fingerprint density at radius 1 is 1.11 bits per heavy atom. The van der Waals surface area contributed by atoms with E-state index in [4.69, 9.17) is 5.73 Å². The van der Waals surface area contributed by atoms with E-state index in [1.54, 1.807) is 0 Å². The molecule has 3 heteroatoms. The van der Waals surface area contributed by atoms with Crippen LogP contribution in [0.2, 0.25) is 0 Å². The fourth-order valence-electron chi connectivity index (χ4n) is 3.86. The van der Waals surface area contributed by atoms with Gasteiger partial charge in [-0.2, -0.15) is 0 Å². The van der Waals surface area contributed by atoms with Crippen LogP contribution < -0.4 is 5.73 Å². The van der Waals surface area contributed by atoms with E-state index in [9.17, 15) is 0 Å². The average Bonchev–Trinajstić information content (AvgIpc) is 2.70. The van der Waals surface area contributed by atoms with Gasteiger partial charge in [0.2, 0.25) is 0 Å². The summed E-state index contributed by atoms with van der Waals surface area (Å²) in [6, 6.07) is 1.32. The minimum Gasteiger partial charge on any atom is -0.329 e. The summed E-state index contributed by atoms with van der Waals surface area (Å²) in [6.07, 6.45) is 9.75. The highest BCUT2D eigenvalue weighted by atomic mass is 15.3. The predicted octanol–water partition coefficient (Wildman–Crippen LogP) is 2.45. The molecule has 2 rings (SSSR count). The lowest BCUT2D eigenvalue weighted by Gasteiger charge is -2.43. The minimum absolute atomic E-state index is 0.327. The number of nitrogens with two attached hydrogens (primary N) is 1. The van der Waals surface area contributed by atoms with E-state index in [1.807, 2.05) is 0 Å². The van der Waals surface area contributed by atoms with E-state index in [1.165, 1.54) is 51.5 Å². The summed E-state index contributed by atoms with van der Waals surface area (Å²) in [5, 5.41) is 0. The Morgan fingerprint density at radius 2 is 1.74 bits per heavy atom. The van der Waals surface area contributed by atoms with Crippen molar-refractivity contribution in [3.05, 3.63) is 0 Å². The Labute approximate surface area is 119 Å². The van der Waals surface area contributed by atoms with Gasteiger partial charge in [-0.05, 0) is 46.7 Å². The third-order valence-corrected chi connectivity index (χ3v) is 5.42. The van der Waals surface area contributed by atoms with Crippen LogP contribution in [-0.4, -0.2) is 54.1 Å². The molecule has 2 N–H and O–H groups in total. The van der Waals surface area contributed by atoms with Crippen LogP contribution in [0.3, 0.4) is 0 Å². The number of hydrogen-bond donors (Lipinski definition) is 1. The monoisotopic (exact) mass is 267 g/mol. The molecule has 0 bridgehead atoms. The second kappa shape index (κ2) is 6.55. The van der Waals surface area contributed by atoms with Crippen LogP contribution in [0.15, 0.2) is 0 Å². The number of rotatable bonds is 2. The highest BCUT2D eigenvalue weighted by Crippen LogP contribution is 2.32. The van der Waals surface area contributed by atoms with Gasteiger partial charge < -0.3 is 10.6 Å². The molecule has 0 radical (unpaired) electrons. The molecule has 0 aromatic heterocycles. The molecule has 1 aliphatic heterocycles.